The number of hydrogen-bond donors (Lipinski definition) is 1. The van der Waals surface area contributed by atoms with Crippen molar-refractivity contribution in [3.63, 3.8) is 0 Å². The van der Waals surface area contributed by atoms with Crippen molar-refractivity contribution in [3.8, 4) is 0 Å². The number of sulfonamides is 1. The Bertz CT molecular complexity index is 605. The quantitative estimate of drug-likeness (QED) is 0.836. The summed E-state index contributed by atoms with van der Waals surface area (Å²) in [6.45, 7) is 7.24. The molecule has 0 bridgehead atoms. The third-order valence-electron chi connectivity index (χ3n) is 4.69. The molecule has 3 rings (SSSR count). The van der Waals surface area contributed by atoms with Crippen molar-refractivity contribution < 1.29 is 12.8 Å². The Kier molecular flexibility index (Phi) is 4.59. The van der Waals surface area contributed by atoms with Gasteiger partial charge in [0.2, 0.25) is 10.0 Å². The van der Waals surface area contributed by atoms with Crippen LogP contribution in [0.5, 0.6) is 0 Å². The third kappa shape index (κ3) is 4.32. The van der Waals surface area contributed by atoms with Crippen LogP contribution in [0.15, 0.2) is 16.5 Å². The second-order valence-corrected chi connectivity index (χ2v) is 8.34. The highest BCUT2D eigenvalue weighted by Gasteiger charge is 2.36. The van der Waals surface area contributed by atoms with E-state index in [2.05, 4.69) is 28.9 Å². The van der Waals surface area contributed by atoms with E-state index in [4.69, 9.17) is 9.56 Å². The number of primary sulfonamides is 1. The predicted octanol–water partition coefficient (Wildman–Crippen LogP) is 0.809. The summed E-state index contributed by atoms with van der Waals surface area (Å²) in [6, 6.07) is 4.21. The van der Waals surface area contributed by atoms with E-state index in [1.807, 2.05) is 0 Å². The largest absolute Gasteiger partial charge is 0.464 e. The summed E-state index contributed by atoms with van der Waals surface area (Å²) in [6.07, 6.45) is 1.25. The summed E-state index contributed by atoms with van der Waals surface area (Å²) in [4.78, 5) is 4.51. The monoisotopic (exact) mass is 327 g/mol. The summed E-state index contributed by atoms with van der Waals surface area (Å²) >= 11 is 0. The number of nitrogens with zero attached hydrogens (tertiary/aromatic N) is 2. The van der Waals surface area contributed by atoms with Gasteiger partial charge in [-0.1, -0.05) is 6.92 Å². The molecule has 0 spiro atoms. The number of nitrogens with two attached hydrogens (primary N) is 1. The van der Waals surface area contributed by atoms with Crippen molar-refractivity contribution in [2.75, 3.05) is 38.5 Å². The van der Waals surface area contributed by atoms with Crippen LogP contribution in [0, 0.1) is 5.92 Å². The molecule has 0 radical (unpaired) electrons. The minimum atomic E-state index is -3.36. The molecule has 2 fully saturated rings. The van der Waals surface area contributed by atoms with Gasteiger partial charge in [-0.25, -0.2) is 13.6 Å². The van der Waals surface area contributed by atoms with Gasteiger partial charge in [-0.15, -0.1) is 0 Å². The topological polar surface area (TPSA) is 79.8 Å². The Morgan fingerprint density at radius 3 is 2.45 bits per heavy atom. The van der Waals surface area contributed by atoms with Crippen LogP contribution in [0.2, 0.25) is 0 Å². The molecule has 0 aromatic carbocycles. The summed E-state index contributed by atoms with van der Waals surface area (Å²) in [7, 11) is -3.36. The highest BCUT2D eigenvalue weighted by Crippen LogP contribution is 2.47. The Balaban J connectivity index is 1.43. The summed E-state index contributed by atoms with van der Waals surface area (Å²) < 4.78 is 27.9. The van der Waals surface area contributed by atoms with Gasteiger partial charge >= 0.3 is 0 Å². The maximum Gasteiger partial charge on any atom is 0.210 e. The first-order valence-electron chi connectivity index (χ1n) is 7.94. The Labute approximate surface area is 132 Å². The van der Waals surface area contributed by atoms with E-state index < -0.39 is 10.0 Å². The van der Waals surface area contributed by atoms with Crippen molar-refractivity contribution >= 4 is 10.0 Å². The second-order valence-electron chi connectivity index (χ2n) is 6.61. The zero-order chi connectivity index (χ0) is 15.7. The lowest BCUT2D eigenvalue weighted by Crippen LogP contribution is -2.47. The highest BCUT2D eigenvalue weighted by molar-refractivity contribution is 7.89. The van der Waals surface area contributed by atoms with Gasteiger partial charge in [-0.3, -0.25) is 9.80 Å². The van der Waals surface area contributed by atoms with Crippen LogP contribution in [-0.4, -0.2) is 56.7 Å². The SMILES string of the molecule is C[C@H]1C[C@@H]1c1ccc(CN2CCN(CCS(N)(=O)=O)CC2)o1. The van der Waals surface area contributed by atoms with Crippen LogP contribution in [0.1, 0.15) is 30.8 Å². The van der Waals surface area contributed by atoms with Gasteiger partial charge in [0.25, 0.3) is 0 Å². The van der Waals surface area contributed by atoms with E-state index in [9.17, 15) is 8.42 Å². The highest BCUT2D eigenvalue weighted by atomic mass is 32.2. The van der Waals surface area contributed by atoms with Crippen molar-refractivity contribution in [1.82, 2.24) is 9.80 Å². The van der Waals surface area contributed by atoms with Gasteiger partial charge in [-0.2, -0.15) is 0 Å². The standard InChI is InChI=1S/C15H25N3O3S/c1-12-10-14(12)15-3-2-13(21-15)11-18-6-4-17(5-7-18)8-9-22(16,19)20/h2-3,12,14H,4-11H2,1H3,(H2,16,19,20)/t12-,14-/m0/s1. The molecule has 1 saturated heterocycles. The number of hydrogen-bond acceptors (Lipinski definition) is 5. The first-order chi connectivity index (χ1) is 10.4. The predicted molar refractivity (Wildman–Crippen MR) is 84.9 cm³/mol. The molecule has 1 aliphatic heterocycles. The molecule has 7 heteroatoms. The Morgan fingerprint density at radius 1 is 1.23 bits per heavy atom. The van der Waals surface area contributed by atoms with Gasteiger partial charge in [0, 0.05) is 38.6 Å². The number of furan rings is 1. The van der Waals surface area contributed by atoms with Gasteiger partial charge in [0.1, 0.15) is 11.5 Å². The average molecular weight is 327 g/mol. The molecule has 0 unspecified atom stereocenters. The van der Waals surface area contributed by atoms with Crippen LogP contribution >= 0.6 is 0 Å². The lowest BCUT2D eigenvalue weighted by molar-refractivity contribution is 0.125. The van der Waals surface area contributed by atoms with Crippen LogP contribution in [0.4, 0.5) is 0 Å². The van der Waals surface area contributed by atoms with Crippen molar-refractivity contribution in [1.29, 1.82) is 0 Å². The van der Waals surface area contributed by atoms with Crippen LogP contribution < -0.4 is 5.14 Å². The van der Waals surface area contributed by atoms with E-state index in [0.29, 0.717) is 12.5 Å². The minimum Gasteiger partial charge on any atom is -0.464 e. The summed E-state index contributed by atoms with van der Waals surface area (Å²) in [5.74, 6) is 3.60. The van der Waals surface area contributed by atoms with Crippen LogP contribution in [0.25, 0.3) is 0 Å². The summed E-state index contributed by atoms with van der Waals surface area (Å²) in [5.41, 5.74) is 0. The molecule has 2 atom stereocenters. The molecule has 2 heterocycles. The molecule has 124 valence electrons. The average Bonchev–Trinajstić information content (AvgIpc) is 3.00. The van der Waals surface area contributed by atoms with Crippen LogP contribution in [-0.2, 0) is 16.6 Å². The molecular weight excluding hydrogens is 302 g/mol. The second kappa shape index (κ2) is 6.31. The van der Waals surface area contributed by atoms with E-state index >= 15 is 0 Å². The fourth-order valence-corrected chi connectivity index (χ4v) is 3.56. The smallest absolute Gasteiger partial charge is 0.210 e. The van der Waals surface area contributed by atoms with Gasteiger partial charge < -0.3 is 4.42 Å². The van der Waals surface area contributed by atoms with Crippen molar-refractivity contribution in [3.05, 3.63) is 23.7 Å². The normalized spacial score (nSPS) is 27.2. The van der Waals surface area contributed by atoms with Crippen molar-refractivity contribution in [2.45, 2.75) is 25.8 Å². The first-order valence-corrected chi connectivity index (χ1v) is 9.66. The lowest BCUT2D eigenvalue weighted by atomic mass is 10.2. The van der Waals surface area contributed by atoms with E-state index in [1.165, 1.54) is 6.42 Å². The van der Waals surface area contributed by atoms with E-state index in [1.54, 1.807) is 0 Å². The van der Waals surface area contributed by atoms with E-state index in [-0.39, 0.29) is 5.75 Å². The van der Waals surface area contributed by atoms with Crippen LogP contribution in [0.3, 0.4) is 0 Å². The molecule has 2 aliphatic rings. The fourth-order valence-electron chi connectivity index (χ4n) is 3.05. The zero-order valence-electron chi connectivity index (χ0n) is 13.1. The Morgan fingerprint density at radius 2 is 1.86 bits per heavy atom. The Hall–Kier alpha value is -0.890. The number of rotatable bonds is 6. The zero-order valence-corrected chi connectivity index (χ0v) is 13.9. The van der Waals surface area contributed by atoms with Gasteiger partial charge in [-0.05, 0) is 24.5 Å². The third-order valence-corrected chi connectivity index (χ3v) is 5.45. The first kappa shape index (κ1) is 16.0. The molecular formula is C15H25N3O3S. The fraction of sp³-hybridized carbons (Fsp3) is 0.733. The molecule has 1 aliphatic carbocycles. The van der Waals surface area contributed by atoms with E-state index in [0.717, 1.165) is 50.2 Å². The minimum absolute atomic E-state index is 0.0358. The molecule has 1 saturated carbocycles. The molecule has 1 aromatic rings. The molecule has 6 nitrogen and oxygen atoms in total. The lowest BCUT2D eigenvalue weighted by Gasteiger charge is -2.33. The van der Waals surface area contributed by atoms with Crippen molar-refractivity contribution in [2.24, 2.45) is 11.1 Å². The molecule has 1 aromatic heterocycles. The summed E-state index contributed by atoms with van der Waals surface area (Å²) in [5, 5.41) is 5.05. The van der Waals surface area contributed by atoms with Gasteiger partial charge in [0.15, 0.2) is 0 Å². The maximum absolute atomic E-state index is 11.0. The van der Waals surface area contributed by atoms with Gasteiger partial charge in [0.05, 0.1) is 12.3 Å². The molecule has 2 N–H and O–H groups in total. The molecule has 0 amide bonds. The number of piperazine rings is 1. The maximum atomic E-state index is 11.0. The molecule has 22 heavy (non-hydrogen) atoms.